The van der Waals surface area contributed by atoms with E-state index in [9.17, 15) is 4.39 Å². The smallest absolute Gasteiger partial charge is 0.127 e. The fraction of sp³-hybridized carbons (Fsp3) is 0.538. The molecule has 1 aliphatic rings. The quantitative estimate of drug-likeness (QED) is 0.848. The Kier molecular flexibility index (Phi) is 4.95. The summed E-state index contributed by atoms with van der Waals surface area (Å²) in [6.45, 7) is 4.68. The van der Waals surface area contributed by atoms with Crippen LogP contribution in [-0.4, -0.2) is 37.7 Å². The maximum atomic E-state index is 13.6. The standard InChI is InChI=1S/C13H17BrFNO/c14-12-4-3-11(13(15)10-12)2-1-5-16-6-8-17-9-7-16/h3-4,10H,1-2,5-9H2. The van der Waals surface area contributed by atoms with Crippen LogP contribution in [0.5, 0.6) is 0 Å². The lowest BCUT2D eigenvalue weighted by molar-refractivity contribution is 0.0374. The third-order valence-corrected chi connectivity index (χ3v) is 3.53. The summed E-state index contributed by atoms with van der Waals surface area (Å²) >= 11 is 3.26. The molecule has 0 saturated carbocycles. The van der Waals surface area contributed by atoms with Crippen LogP contribution in [0.3, 0.4) is 0 Å². The highest BCUT2D eigenvalue weighted by molar-refractivity contribution is 9.10. The molecule has 0 spiro atoms. The molecule has 0 N–H and O–H groups in total. The van der Waals surface area contributed by atoms with Crippen molar-refractivity contribution in [2.75, 3.05) is 32.8 Å². The first kappa shape index (κ1) is 13.0. The molecule has 0 atom stereocenters. The summed E-state index contributed by atoms with van der Waals surface area (Å²) < 4.78 is 19.6. The molecule has 0 unspecified atom stereocenters. The Morgan fingerprint density at radius 2 is 2.06 bits per heavy atom. The SMILES string of the molecule is Fc1cc(Br)ccc1CCCN1CCOCC1. The van der Waals surface area contributed by atoms with E-state index in [1.807, 2.05) is 12.1 Å². The van der Waals surface area contributed by atoms with Crippen LogP contribution in [-0.2, 0) is 11.2 Å². The van der Waals surface area contributed by atoms with E-state index >= 15 is 0 Å². The van der Waals surface area contributed by atoms with Crippen molar-refractivity contribution < 1.29 is 9.13 Å². The molecule has 2 nitrogen and oxygen atoms in total. The summed E-state index contributed by atoms with van der Waals surface area (Å²) in [5.41, 5.74) is 0.807. The van der Waals surface area contributed by atoms with Gasteiger partial charge in [-0.05, 0) is 37.1 Å². The van der Waals surface area contributed by atoms with E-state index < -0.39 is 0 Å². The number of hydrogen-bond donors (Lipinski definition) is 0. The van der Waals surface area contributed by atoms with Crippen molar-refractivity contribution in [2.45, 2.75) is 12.8 Å². The van der Waals surface area contributed by atoms with Crippen LogP contribution in [0.2, 0.25) is 0 Å². The minimum absolute atomic E-state index is 0.110. The van der Waals surface area contributed by atoms with Gasteiger partial charge < -0.3 is 4.74 Å². The third kappa shape index (κ3) is 4.05. The summed E-state index contributed by atoms with van der Waals surface area (Å²) in [7, 11) is 0. The largest absolute Gasteiger partial charge is 0.379 e. The molecule has 1 aromatic carbocycles. The van der Waals surface area contributed by atoms with Crippen molar-refractivity contribution in [2.24, 2.45) is 0 Å². The van der Waals surface area contributed by atoms with Gasteiger partial charge in [0.15, 0.2) is 0 Å². The second kappa shape index (κ2) is 6.47. The first-order valence-electron chi connectivity index (χ1n) is 6.00. The topological polar surface area (TPSA) is 12.5 Å². The summed E-state index contributed by atoms with van der Waals surface area (Å²) in [6.07, 6.45) is 1.80. The lowest BCUT2D eigenvalue weighted by atomic mass is 10.1. The van der Waals surface area contributed by atoms with Crippen molar-refractivity contribution in [3.05, 3.63) is 34.1 Å². The first-order valence-corrected chi connectivity index (χ1v) is 6.79. The van der Waals surface area contributed by atoms with E-state index in [4.69, 9.17) is 4.74 Å². The van der Waals surface area contributed by atoms with Crippen LogP contribution in [0.25, 0.3) is 0 Å². The Balaban J connectivity index is 1.77. The van der Waals surface area contributed by atoms with Gasteiger partial charge in [0.05, 0.1) is 13.2 Å². The van der Waals surface area contributed by atoms with Gasteiger partial charge in [-0.15, -0.1) is 0 Å². The number of ether oxygens (including phenoxy) is 1. The zero-order chi connectivity index (χ0) is 12.1. The zero-order valence-corrected chi connectivity index (χ0v) is 11.4. The Bertz CT molecular complexity index is 366. The van der Waals surface area contributed by atoms with Gasteiger partial charge in [-0.3, -0.25) is 4.90 Å². The van der Waals surface area contributed by atoms with Crippen LogP contribution >= 0.6 is 15.9 Å². The van der Waals surface area contributed by atoms with Gasteiger partial charge in [-0.1, -0.05) is 22.0 Å². The molecule has 2 rings (SSSR count). The van der Waals surface area contributed by atoms with Crippen molar-refractivity contribution in [3.63, 3.8) is 0 Å². The van der Waals surface area contributed by atoms with Gasteiger partial charge in [0, 0.05) is 17.6 Å². The monoisotopic (exact) mass is 301 g/mol. The van der Waals surface area contributed by atoms with E-state index in [0.717, 1.165) is 55.7 Å². The highest BCUT2D eigenvalue weighted by atomic mass is 79.9. The van der Waals surface area contributed by atoms with Crippen LogP contribution < -0.4 is 0 Å². The Morgan fingerprint density at radius 3 is 2.76 bits per heavy atom. The normalized spacial score (nSPS) is 17.3. The molecular formula is C13H17BrFNO. The van der Waals surface area contributed by atoms with E-state index in [1.54, 1.807) is 0 Å². The fourth-order valence-electron chi connectivity index (χ4n) is 2.04. The molecule has 0 radical (unpaired) electrons. The number of morpholine rings is 1. The molecule has 17 heavy (non-hydrogen) atoms. The average Bonchev–Trinajstić information content (AvgIpc) is 2.33. The number of aryl methyl sites for hydroxylation is 1. The molecule has 4 heteroatoms. The maximum absolute atomic E-state index is 13.6. The van der Waals surface area contributed by atoms with E-state index in [2.05, 4.69) is 20.8 Å². The predicted molar refractivity (Wildman–Crippen MR) is 69.7 cm³/mol. The second-order valence-electron chi connectivity index (χ2n) is 4.29. The van der Waals surface area contributed by atoms with Crippen molar-refractivity contribution in [1.29, 1.82) is 0 Å². The lowest BCUT2D eigenvalue weighted by Crippen LogP contribution is -2.36. The van der Waals surface area contributed by atoms with Gasteiger partial charge in [0.2, 0.25) is 0 Å². The Hall–Kier alpha value is -0.450. The average molecular weight is 302 g/mol. The van der Waals surface area contributed by atoms with Crippen LogP contribution in [0.4, 0.5) is 4.39 Å². The van der Waals surface area contributed by atoms with E-state index in [0.29, 0.717) is 0 Å². The molecule has 1 saturated heterocycles. The third-order valence-electron chi connectivity index (χ3n) is 3.04. The van der Waals surface area contributed by atoms with Gasteiger partial charge in [0.1, 0.15) is 5.82 Å². The minimum Gasteiger partial charge on any atom is -0.379 e. The summed E-state index contributed by atoms with van der Waals surface area (Å²) in [5.74, 6) is -0.110. The van der Waals surface area contributed by atoms with Gasteiger partial charge >= 0.3 is 0 Å². The van der Waals surface area contributed by atoms with Crippen LogP contribution in [0, 0.1) is 5.82 Å². The predicted octanol–water partition coefficient (Wildman–Crippen LogP) is 2.85. The van der Waals surface area contributed by atoms with Crippen molar-refractivity contribution in [1.82, 2.24) is 4.90 Å². The lowest BCUT2D eigenvalue weighted by Gasteiger charge is -2.26. The number of nitrogens with zero attached hydrogens (tertiary/aromatic N) is 1. The molecule has 1 aromatic rings. The molecule has 0 aliphatic carbocycles. The highest BCUT2D eigenvalue weighted by Gasteiger charge is 2.10. The van der Waals surface area contributed by atoms with E-state index in [-0.39, 0.29) is 5.82 Å². The molecular weight excluding hydrogens is 285 g/mol. The number of benzene rings is 1. The number of rotatable bonds is 4. The molecule has 1 heterocycles. The molecule has 0 amide bonds. The van der Waals surface area contributed by atoms with E-state index in [1.165, 1.54) is 6.07 Å². The Morgan fingerprint density at radius 1 is 1.29 bits per heavy atom. The van der Waals surface area contributed by atoms with Crippen molar-refractivity contribution in [3.8, 4) is 0 Å². The number of halogens is 2. The van der Waals surface area contributed by atoms with Crippen LogP contribution in [0.1, 0.15) is 12.0 Å². The zero-order valence-electron chi connectivity index (χ0n) is 9.79. The first-order chi connectivity index (χ1) is 8.25. The Labute approximate surface area is 110 Å². The molecule has 94 valence electrons. The molecule has 1 aliphatic heterocycles. The van der Waals surface area contributed by atoms with Crippen LogP contribution in [0.15, 0.2) is 22.7 Å². The summed E-state index contributed by atoms with van der Waals surface area (Å²) in [5, 5.41) is 0. The number of hydrogen-bond acceptors (Lipinski definition) is 2. The molecule has 0 bridgehead atoms. The van der Waals surface area contributed by atoms with Crippen molar-refractivity contribution >= 4 is 15.9 Å². The fourth-order valence-corrected chi connectivity index (χ4v) is 2.38. The molecule has 1 fully saturated rings. The van der Waals surface area contributed by atoms with Gasteiger partial charge in [0.25, 0.3) is 0 Å². The minimum atomic E-state index is -0.110. The second-order valence-corrected chi connectivity index (χ2v) is 5.21. The maximum Gasteiger partial charge on any atom is 0.127 e. The van der Waals surface area contributed by atoms with Gasteiger partial charge in [-0.2, -0.15) is 0 Å². The highest BCUT2D eigenvalue weighted by Crippen LogP contribution is 2.16. The summed E-state index contributed by atoms with van der Waals surface area (Å²) in [4.78, 5) is 2.38. The van der Waals surface area contributed by atoms with Gasteiger partial charge in [-0.25, -0.2) is 4.39 Å². The summed E-state index contributed by atoms with van der Waals surface area (Å²) in [6, 6.07) is 5.29. The molecule has 0 aromatic heterocycles.